The molecule has 1 aliphatic rings. The molecule has 0 aromatic carbocycles. The molecular weight excluding hydrogens is 190 g/mol. The molecule has 88 valence electrons. The highest BCUT2D eigenvalue weighted by Crippen LogP contribution is 2.30. The van der Waals surface area contributed by atoms with E-state index in [1.165, 1.54) is 0 Å². The van der Waals surface area contributed by atoms with Crippen molar-refractivity contribution in [2.24, 2.45) is 23.5 Å². The fraction of sp³-hybridized carbons (Fsp3) is 0.917. The van der Waals surface area contributed by atoms with E-state index in [0.717, 1.165) is 12.8 Å². The number of cyclic esters (lactones) is 1. The van der Waals surface area contributed by atoms with Crippen LogP contribution in [0.2, 0.25) is 0 Å². The van der Waals surface area contributed by atoms with Gasteiger partial charge in [0.05, 0.1) is 5.92 Å². The van der Waals surface area contributed by atoms with E-state index < -0.39 is 0 Å². The van der Waals surface area contributed by atoms with Crippen molar-refractivity contribution in [1.29, 1.82) is 0 Å². The Morgan fingerprint density at radius 2 is 2.00 bits per heavy atom. The third kappa shape index (κ3) is 3.20. The first kappa shape index (κ1) is 12.5. The van der Waals surface area contributed by atoms with Gasteiger partial charge in [0.15, 0.2) is 0 Å². The van der Waals surface area contributed by atoms with Crippen molar-refractivity contribution < 1.29 is 9.53 Å². The number of ether oxygens (including phenoxy) is 1. The maximum atomic E-state index is 11.5. The number of carbonyl (C=O) groups is 1. The van der Waals surface area contributed by atoms with Gasteiger partial charge in [-0.05, 0) is 24.7 Å². The molecule has 2 N–H and O–H groups in total. The second-order valence-corrected chi connectivity index (χ2v) is 5.35. The zero-order valence-electron chi connectivity index (χ0n) is 10.2. The summed E-state index contributed by atoms with van der Waals surface area (Å²) in [6.45, 7) is 8.39. The molecule has 1 rings (SSSR count). The minimum absolute atomic E-state index is 0.00213. The summed E-state index contributed by atoms with van der Waals surface area (Å²) >= 11 is 0. The van der Waals surface area contributed by atoms with Crippen molar-refractivity contribution in [3.05, 3.63) is 0 Å². The van der Waals surface area contributed by atoms with E-state index in [0.29, 0.717) is 11.8 Å². The van der Waals surface area contributed by atoms with E-state index in [4.69, 9.17) is 10.5 Å². The lowest BCUT2D eigenvalue weighted by Crippen LogP contribution is -2.35. The van der Waals surface area contributed by atoms with E-state index in [9.17, 15) is 4.79 Å². The van der Waals surface area contributed by atoms with Gasteiger partial charge >= 0.3 is 5.97 Å². The smallest absolute Gasteiger partial charge is 0.309 e. The number of carbonyl (C=O) groups excluding carboxylic acids is 1. The van der Waals surface area contributed by atoms with Crippen LogP contribution in [0.15, 0.2) is 0 Å². The minimum Gasteiger partial charge on any atom is -0.460 e. The van der Waals surface area contributed by atoms with Gasteiger partial charge in [-0.3, -0.25) is 4.79 Å². The molecule has 0 aromatic rings. The van der Waals surface area contributed by atoms with E-state index >= 15 is 0 Å². The summed E-state index contributed by atoms with van der Waals surface area (Å²) in [5.41, 5.74) is 6.03. The van der Waals surface area contributed by atoms with E-state index in [2.05, 4.69) is 27.7 Å². The van der Waals surface area contributed by atoms with Gasteiger partial charge in [-0.1, -0.05) is 27.7 Å². The first-order chi connectivity index (χ1) is 6.91. The van der Waals surface area contributed by atoms with Gasteiger partial charge in [0, 0.05) is 6.04 Å². The Morgan fingerprint density at radius 1 is 1.40 bits per heavy atom. The third-order valence-corrected chi connectivity index (χ3v) is 3.08. The van der Waals surface area contributed by atoms with Crippen LogP contribution in [0.1, 0.15) is 40.5 Å². The van der Waals surface area contributed by atoms with Gasteiger partial charge < -0.3 is 10.5 Å². The Labute approximate surface area is 92.4 Å². The van der Waals surface area contributed by atoms with Gasteiger partial charge in [-0.25, -0.2) is 0 Å². The van der Waals surface area contributed by atoms with Gasteiger partial charge in [0.1, 0.15) is 6.10 Å². The molecule has 3 atom stereocenters. The first-order valence-electron chi connectivity index (χ1n) is 5.88. The predicted octanol–water partition coefficient (Wildman–Crippen LogP) is 1.95. The lowest BCUT2D eigenvalue weighted by molar-refractivity contribution is -0.145. The summed E-state index contributed by atoms with van der Waals surface area (Å²) < 4.78 is 5.33. The Kier molecular flexibility index (Phi) is 4.14. The highest BCUT2D eigenvalue weighted by Gasteiger charge is 2.39. The Balaban J connectivity index is 2.50. The quantitative estimate of drug-likeness (QED) is 0.726. The second kappa shape index (κ2) is 4.97. The largest absolute Gasteiger partial charge is 0.460 e. The molecule has 0 aliphatic carbocycles. The lowest BCUT2D eigenvalue weighted by Gasteiger charge is -2.19. The van der Waals surface area contributed by atoms with Gasteiger partial charge in [0.2, 0.25) is 0 Å². The fourth-order valence-corrected chi connectivity index (χ4v) is 2.13. The highest BCUT2D eigenvalue weighted by atomic mass is 16.6. The molecule has 0 saturated carbocycles. The van der Waals surface area contributed by atoms with Crippen LogP contribution in [0, 0.1) is 17.8 Å². The average molecular weight is 213 g/mol. The average Bonchev–Trinajstić information content (AvgIpc) is 2.46. The Morgan fingerprint density at radius 3 is 2.40 bits per heavy atom. The molecular formula is C12H23NO2. The molecule has 0 bridgehead atoms. The molecule has 0 aromatic heterocycles. The zero-order valence-corrected chi connectivity index (χ0v) is 10.2. The van der Waals surface area contributed by atoms with E-state index in [-0.39, 0.29) is 24.0 Å². The van der Waals surface area contributed by atoms with Crippen molar-refractivity contribution in [3.8, 4) is 0 Å². The van der Waals surface area contributed by atoms with Crippen molar-refractivity contribution in [1.82, 2.24) is 0 Å². The fourth-order valence-electron chi connectivity index (χ4n) is 2.13. The van der Waals surface area contributed by atoms with Crippen LogP contribution in [0.3, 0.4) is 0 Å². The number of hydrogen-bond donors (Lipinski definition) is 1. The van der Waals surface area contributed by atoms with Gasteiger partial charge in [0.25, 0.3) is 0 Å². The molecule has 3 nitrogen and oxygen atoms in total. The van der Waals surface area contributed by atoms with Crippen molar-refractivity contribution >= 4 is 5.97 Å². The number of nitrogens with two attached hydrogens (primary N) is 1. The molecule has 3 unspecified atom stereocenters. The summed E-state index contributed by atoms with van der Waals surface area (Å²) in [5, 5.41) is 0. The van der Waals surface area contributed by atoms with Crippen LogP contribution in [0.4, 0.5) is 0 Å². The molecule has 1 fully saturated rings. The molecule has 0 amide bonds. The summed E-state index contributed by atoms with van der Waals surface area (Å²) in [5.74, 6) is 0.896. The monoisotopic (exact) mass is 213 g/mol. The maximum Gasteiger partial charge on any atom is 0.309 e. The van der Waals surface area contributed by atoms with E-state index in [1.807, 2.05) is 0 Å². The number of esters is 1. The Hall–Kier alpha value is -0.570. The van der Waals surface area contributed by atoms with Crippen LogP contribution >= 0.6 is 0 Å². The summed E-state index contributed by atoms with van der Waals surface area (Å²) in [6, 6.07) is -0.00213. The minimum atomic E-state index is -0.0627. The second-order valence-electron chi connectivity index (χ2n) is 5.35. The Bertz CT molecular complexity index is 226. The normalized spacial score (nSPS) is 28.6. The molecule has 15 heavy (non-hydrogen) atoms. The van der Waals surface area contributed by atoms with Crippen molar-refractivity contribution in [3.63, 3.8) is 0 Å². The molecule has 1 saturated heterocycles. The molecule has 0 radical (unpaired) electrons. The maximum absolute atomic E-state index is 11.5. The summed E-state index contributed by atoms with van der Waals surface area (Å²) in [6.07, 6.45) is 1.65. The third-order valence-electron chi connectivity index (χ3n) is 3.08. The summed E-state index contributed by atoms with van der Waals surface area (Å²) in [4.78, 5) is 11.5. The zero-order chi connectivity index (χ0) is 11.6. The predicted molar refractivity (Wildman–Crippen MR) is 60.3 cm³/mol. The summed E-state index contributed by atoms with van der Waals surface area (Å²) in [7, 11) is 0. The number of rotatable bonds is 4. The van der Waals surface area contributed by atoms with Crippen LogP contribution in [-0.2, 0) is 9.53 Å². The molecule has 0 spiro atoms. The van der Waals surface area contributed by atoms with Crippen LogP contribution < -0.4 is 5.73 Å². The SMILES string of the molecule is CC(C)CC(N)C1CC(C(C)C)C(=O)O1. The standard InChI is InChI=1S/C12H23NO2/c1-7(2)5-10(13)11-6-9(8(3)4)12(14)15-11/h7-11H,5-6,13H2,1-4H3. The topological polar surface area (TPSA) is 52.3 Å². The van der Waals surface area contributed by atoms with Gasteiger partial charge in [-0.15, -0.1) is 0 Å². The van der Waals surface area contributed by atoms with Crippen LogP contribution in [0.25, 0.3) is 0 Å². The number of hydrogen-bond acceptors (Lipinski definition) is 3. The molecule has 3 heteroatoms. The van der Waals surface area contributed by atoms with Crippen LogP contribution in [-0.4, -0.2) is 18.1 Å². The first-order valence-corrected chi connectivity index (χ1v) is 5.88. The van der Waals surface area contributed by atoms with Crippen LogP contribution in [0.5, 0.6) is 0 Å². The van der Waals surface area contributed by atoms with Gasteiger partial charge in [-0.2, -0.15) is 0 Å². The molecule has 1 heterocycles. The highest BCUT2D eigenvalue weighted by molar-refractivity contribution is 5.75. The lowest BCUT2D eigenvalue weighted by atomic mass is 9.89. The van der Waals surface area contributed by atoms with Crippen molar-refractivity contribution in [2.45, 2.75) is 52.7 Å². The van der Waals surface area contributed by atoms with E-state index in [1.54, 1.807) is 0 Å². The van der Waals surface area contributed by atoms with Crippen molar-refractivity contribution in [2.75, 3.05) is 0 Å². The molecule has 1 aliphatic heterocycles.